The van der Waals surface area contributed by atoms with E-state index in [0.29, 0.717) is 0 Å². The van der Waals surface area contributed by atoms with E-state index < -0.39 is 0 Å². The average Bonchev–Trinajstić information content (AvgIpc) is 1.95. The van der Waals surface area contributed by atoms with Gasteiger partial charge in [-0.2, -0.15) is 0 Å². The van der Waals surface area contributed by atoms with Crippen LogP contribution in [0.25, 0.3) is 0 Å². The molecule has 0 amide bonds. The summed E-state index contributed by atoms with van der Waals surface area (Å²) in [5.41, 5.74) is 1.09. The first kappa shape index (κ1) is 8.86. The molecule has 0 bridgehead atoms. The van der Waals surface area contributed by atoms with Crippen molar-refractivity contribution in [3.8, 4) is 11.8 Å². The van der Waals surface area contributed by atoms with E-state index in [4.69, 9.17) is 0 Å². The molecule has 2 nitrogen and oxygen atoms in total. The maximum absolute atomic E-state index is 4.44. The minimum absolute atomic E-state index is 0.797. The van der Waals surface area contributed by atoms with Crippen LogP contribution in [-0.4, -0.2) is 24.7 Å². The van der Waals surface area contributed by atoms with Gasteiger partial charge in [-0.25, -0.2) is 4.99 Å². The number of rotatable bonds is 1. The first-order chi connectivity index (χ1) is 5.70. The van der Waals surface area contributed by atoms with Crippen LogP contribution in [-0.2, 0) is 0 Å². The van der Waals surface area contributed by atoms with Gasteiger partial charge in [-0.1, -0.05) is 11.8 Å². The molecule has 0 aliphatic carbocycles. The molecule has 1 heterocycles. The molecule has 2 heteroatoms. The number of allylic oxidation sites excluding steroid dienone is 1. The second kappa shape index (κ2) is 3.96. The van der Waals surface area contributed by atoms with Gasteiger partial charge in [0.1, 0.15) is 5.82 Å². The van der Waals surface area contributed by atoms with Gasteiger partial charge in [0, 0.05) is 32.6 Å². The Labute approximate surface area is 74.0 Å². The van der Waals surface area contributed by atoms with Gasteiger partial charge in [0.2, 0.25) is 0 Å². The summed E-state index contributed by atoms with van der Waals surface area (Å²) in [5, 5.41) is 0. The molecule has 0 N–H and O–H groups in total. The Balaban J connectivity index is 2.86. The zero-order valence-corrected chi connectivity index (χ0v) is 7.89. The molecule has 1 aliphatic heterocycles. The summed E-state index contributed by atoms with van der Waals surface area (Å²) in [6.07, 6.45) is 3.66. The normalized spacial score (nSPS) is 24.9. The van der Waals surface area contributed by atoms with E-state index in [1.54, 1.807) is 0 Å². The van der Waals surface area contributed by atoms with Crippen LogP contribution < -0.4 is 0 Å². The van der Waals surface area contributed by atoms with E-state index in [1.165, 1.54) is 0 Å². The second-order valence-corrected chi connectivity index (χ2v) is 3.04. The van der Waals surface area contributed by atoms with Gasteiger partial charge >= 0.3 is 0 Å². The van der Waals surface area contributed by atoms with Gasteiger partial charge in [-0.15, -0.1) is 0 Å². The van der Waals surface area contributed by atoms with E-state index in [9.17, 15) is 0 Å². The molecule has 0 atom stereocenters. The Kier molecular flexibility index (Phi) is 2.93. The third kappa shape index (κ3) is 2.43. The average molecular weight is 162 g/mol. The summed E-state index contributed by atoms with van der Waals surface area (Å²) in [5.74, 6) is 7.14. The highest BCUT2D eigenvalue weighted by Crippen LogP contribution is 2.05. The van der Waals surface area contributed by atoms with E-state index in [-0.39, 0.29) is 0 Å². The highest BCUT2D eigenvalue weighted by atomic mass is 15.2. The zero-order chi connectivity index (χ0) is 8.97. The molecule has 0 aromatic carbocycles. The number of aliphatic imine (C=N–C) groups is 1. The molecule has 0 saturated heterocycles. The van der Waals surface area contributed by atoms with Crippen LogP contribution in [0.2, 0.25) is 0 Å². The number of hydrogen-bond donors (Lipinski definition) is 0. The lowest BCUT2D eigenvalue weighted by Crippen LogP contribution is -2.11. The van der Waals surface area contributed by atoms with E-state index in [1.807, 2.05) is 25.9 Å². The Morgan fingerprint density at radius 3 is 2.83 bits per heavy atom. The van der Waals surface area contributed by atoms with Crippen LogP contribution in [0.5, 0.6) is 0 Å². The maximum atomic E-state index is 4.44. The third-order valence-corrected chi connectivity index (χ3v) is 1.62. The van der Waals surface area contributed by atoms with Crippen LogP contribution in [0, 0.1) is 11.8 Å². The Hall–Kier alpha value is -1.23. The molecule has 0 spiro atoms. The van der Waals surface area contributed by atoms with Gasteiger partial charge in [0.25, 0.3) is 0 Å². The van der Waals surface area contributed by atoms with E-state index in [2.05, 4.69) is 22.9 Å². The predicted octanol–water partition coefficient (Wildman–Crippen LogP) is 1.65. The molecule has 0 saturated carbocycles. The van der Waals surface area contributed by atoms with Crippen LogP contribution in [0.1, 0.15) is 19.8 Å². The van der Waals surface area contributed by atoms with Crippen LogP contribution >= 0.6 is 0 Å². The molecule has 0 aromatic heterocycles. The first-order valence-corrected chi connectivity index (χ1v) is 4.07. The van der Waals surface area contributed by atoms with Crippen molar-refractivity contribution < 1.29 is 0 Å². The largest absolute Gasteiger partial charge is 0.363 e. The Morgan fingerprint density at radius 2 is 2.17 bits per heavy atom. The van der Waals surface area contributed by atoms with Crippen LogP contribution in [0.15, 0.2) is 16.9 Å². The van der Waals surface area contributed by atoms with E-state index in [0.717, 1.165) is 24.4 Å². The van der Waals surface area contributed by atoms with Gasteiger partial charge in [0.05, 0.1) is 0 Å². The van der Waals surface area contributed by atoms with Crippen molar-refractivity contribution in [3.05, 3.63) is 11.9 Å². The molecule has 1 aliphatic rings. The lowest BCUT2D eigenvalue weighted by molar-refractivity contribution is 0.504. The molecular weight excluding hydrogens is 148 g/mol. The molecule has 1 rings (SSSR count). The molecule has 0 fully saturated rings. The number of nitrogens with zero attached hydrogens (tertiary/aromatic N) is 2. The monoisotopic (exact) mass is 162 g/mol. The maximum Gasteiger partial charge on any atom is 0.124 e. The summed E-state index contributed by atoms with van der Waals surface area (Å²) < 4.78 is 0. The SMILES string of the molecule is C/C1=N/C(N(C)C)=C\CC#CC1. The molecular formula is C10H14N2. The van der Waals surface area contributed by atoms with Gasteiger partial charge < -0.3 is 4.90 Å². The quantitative estimate of drug-likeness (QED) is 0.535. The predicted molar refractivity (Wildman–Crippen MR) is 51.9 cm³/mol. The minimum atomic E-state index is 0.797. The summed E-state index contributed by atoms with van der Waals surface area (Å²) in [4.78, 5) is 6.45. The fourth-order valence-corrected chi connectivity index (χ4v) is 0.968. The lowest BCUT2D eigenvalue weighted by atomic mass is 10.2. The van der Waals surface area contributed by atoms with Gasteiger partial charge in [0.15, 0.2) is 0 Å². The van der Waals surface area contributed by atoms with Gasteiger partial charge in [-0.3, -0.25) is 0 Å². The number of hydrogen-bond acceptors (Lipinski definition) is 2. The minimum Gasteiger partial charge on any atom is -0.363 e. The van der Waals surface area contributed by atoms with Crippen LogP contribution in [0.3, 0.4) is 0 Å². The summed E-state index contributed by atoms with van der Waals surface area (Å²) in [7, 11) is 4.00. The second-order valence-electron chi connectivity index (χ2n) is 3.04. The zero-order valence-electron chi connectivity index (χ0n) is 7.89. The van der Waals surface area contributed by atoms with Crippen molar-refractivity contribution in [3.63, 3.8) is 0 Å². The Bertz CT molecular complexity index is 274. The van der Waals surface area contributed by atoms with E-state index >= 15 is 0 Å². The molecule has 0 aromatic rings. The summed E-state index contributed by atoms with van der Waals surface area (Å²) in [6, 6.07) is 0. The van der Waals surface area contributed by atoms with Crippen molar-refractivity contribution in [2.45, 2.75) is 19.8 Å². The highest BCUT2D eigenvalue weighted by Gasteiger charge is 1.98. The first-order valence-electron chi connectivity index (χ1n) is 4.07. The standard InChI is InChI=1S/C10H14N2/c1-9-7-5-4-6-8-10(11-9)12(2)3/h8H,6-7H2,1-3H3/b10-8+,11-9-. The van der Waals surface area contributed by atoms with Crippen molar-refractivity contribution in [1.82, 2.24) is 4.90 Å². The van der Waals surface area contributed by atoms with Crippen molar-refractivity contribution in [1.29, 1.82) is 0 Å². The highest BCUT2D eigenvalue weighted by molar-refractivity contribution is 5.85. The summed E-state index contributed by atoms with van der Waals surface area (Å²) in [6.45, 7) is 2.01. The molecule has 12 heavy (non-hydrogen) atoms. The van der Waals surface area contributed by atoms with Crippen molar-refractivity contribution in [2.75, 3.05) is 14.1 Å². The van der Waals surface area contributed by atoms with Crippen LogP contribution in [0.4, 0.5) is 0 Å². The van der Waals surface area contributed by atoms with Gasteiger partial charge in [-0.05, 0) is 13.0 Å². The van der Waals surface area contributed by atoms with Crippen molar-refractivity contribution >= 4 is 5.71 Å². The smallest absolute Gasteiger partial charge is 0.124 e. The fourth-order valence-electron chi connectivity index (χ4n) is 0.968. The lowest BCUT2D eigenvalue weighted by Gasteiger charge is -2.13. The fraction of sp³-hybridized carbons (Fsp3) is 0.500. The van der Waals surface area contributed by atoms with Crippen molar-refractivity contribution in [2.24, 2.45) is 4.99 Å². The topological polar surface area (TPSA) is 15.6 Å². The molecule has 0 radical (unpaired) electrons. The summed E-state index contributed by atoms with van der Waals surface area (Å²) >= 11 is 0. The molecule has 64 valence electrons. The Morgan fingerprint density at radius 1 is 1.42 bits per heavy atom. The third-order valence-electron chi connectivity index (χ3n) is 1.62. The molecule has 0 unspecified atom stereocenters.